The first-order valence-corrected chi connectivity index (χ1v) is 8.05. The van der Waals surface area contributed by atoms with E-state index in [2.05, 4.69) is 20.6 Å². The van der Waals surface area contributed by atoms with Gasteiger partial charge in [-0.15, -0.1) is 21.5 Å². The maximum atomic E-state index is 12.5. The minimum absolute atomic E-state index is 0.0329. The quantitative estimate of drug-likeness (QED) is 0.720. The Morgan fingerprint density at radius 1 is 1.21 bits per heavy atom. The van der Waals surface area contributed by atoms with E-state index in [1.165, 1.54) is 18.3 Å². The molecule has 122 valence electrons. The number of aromatic nitrogens is 4. The average molecular weight is 341 g/mol. The SMILES string of the molecule is CC(=O)c1ccc(C(=O)N(C)Cc2cccc(-c3nn[nH]n3)c2)s1. The van der Waals surface area contributed by atoms with Crippen molar-refractivity contribution in [2.45, 2.75) is 13.5 Å². The first-order valence-electron chi connectivity index (χ1n) is 7.23. The number of hydrogen-bond donors (Lipinski definition) is 1. The van der Waals surface area contributed by atoms with Gasteiger partial charge in [-0.1, -0.05) is 18.2 Å². The average Bonchev–Trinajstić information content (AvgIpc) is 3.26. The molecule has 24 heavy (non-hydrogen) atoms. The molecule has 0 bridgehead atoms. The van der Waals surface area contributed by atoms with E-state index < -0.39 is 0 Å². The van der Waals surface area contributed by atoms with E-state index in [1.807, 2.05) is 24.3 Å². The molecule has 0 unspecified atom stereocenters. The van der Waals surface area contributed by atoms with Gasteiger partial charge >= 0.3 is 0 Å². The van der Waals surface area contributed by atoms with E-state index in [0.717, 1.165) is 11.1 Å². The van der Waals surface area contributed by atoms with Crippen molar-refractivity contribution in [3.8, 4) is 11.4 Å². The van der Waals surface area contributed by atoms with E-state index in [4.69, 9.17) is 0 Å². The molecule has 1 aromatic carbocycles. The maximum absolute atomic E-state index is 12.5. The van der Waals surface area contributed by atoms with E-state index in [0.29, 0.717) is 22.1 Å². The number of H-pyrrole nitrogens is 1. The van der Waals surface area contributed by atoms with E-state index in [9.17, 15) is 9.59 Å². The second kappa shape index (κ2) is 6.71. The lowest BCUT2D eigenvalue weighted by atomic mass is 10.1. The first-order chi connectivity index (χ1) is 11.5. The Hall–Kier alpha value is -2.87. The van der Waals surface area contributed by atoms with Gasteiger partial charge in [0.25, 0.3) is 5.91 Å². The summed E-state index contributed by atoms with van der Waals surface area (Å²) in [5, 5.41) is 13.9. The van der Waals surface area contributed by atoms with Crippen molar-refractivity contribution in [2.75, 3.05) is 7.05 Å². The Morgan fingerprint density at radius 3 is 2.67 bits per heavy atom. The molecule has 7 nitrogen and oxygen atoms in total. The van der Waals surface area contributed by atoms with Gasteiger partial charge < -0.3 is 4.90 Å². The van der Waals surface area contributed by atoms with Crippen LogP contribution in [-0.4, -0.2) is 44.3 Å². The summed E-state index contributed by atoms with van der Waals surface area (Å²) in [4.78, 5) is 26.6. The zero-order valence-electron chi connectivity index (χ0n) is 13.2. The summed E-state index contributed by atoms with van der Waals surface area (Å²) in [6.07, 6.45) is 0. The number of rotatable bonds is 5. The lowest BCUT2D eigenvalue weighted by molar-refractivity contribution is 0.0789. The molecule has 0 aliphatic rings. The molecule has 3 rings (SSSR count). The molecule has 0 saturated carbocycles. The van der Waals surface area contributed by atoms with Crippen LogP contribution in [0.25, 0.3) is 11.4 Å². The molecule has 0 atom stereocenters. The topological polar surface area (TPSA) is 91.8 Å². The monoisotopic (exact) mass is 341 g/mol. The maximum Gasteiger partial charge on any atom is 0.263 e. The third kappa shape index (κ3) is 3.38. The number of ketones is 1. The van der Waals surface area contributed by atoms with Crippen molar-refractivity contribution in [1.29, 1.82) is 0 Å². The summed E-state index contributed by atoms with van der Waals surface area (Å²) in [5.41, 5.74) is 1.79. The number of hydrogen-bond acceptors (Lipinski definition) is 6. The highest BCUT2D eigenvalue weighted by molar-refractivity contribution is 7.15. The van der Waals surface area contributed by atoms with Crippen LogP contribution < -0.4 is 0 Å². The van der Waals surface area contributed by atoms with Crippen LogP contribution >= 0.6 is 11.3 Å². The zero-order valence-corrected chi connectivity index (χ0v) is 14.0. The molecule has 2 heterocycles. The van der Waals surface area contributed by atoms with Crippen molar-refractivity contribution in [1.82, 2.24) is 25.5 Å². The highest BCUT2D eigenvalue weighted by atomic mass is 32.1. The van der Waals surface area contributed by atoms with Gasteiger partial charge in [-0.3, -0.25) is 9.59 Å². The minimum atomic E-state index is -0.113. The molecule has 3 aromatic rings. The van der Waals surface area contributed by atoms with E-state index in [1.54, 1.807) is 24.1 Å². The van der Waals surface area contributed by atoms with Gasteiger partial charge in [-0.25, -0.2) is 0 Å². The zero-order chi connectivity index (χ0) is 17.1. The molecule has 0 aliphatic heterocycles. The van der Waals surface area contributed by atoms with Crippen molar-refractivity contribution >= 4 is 23.0 Å². The lowest BCUT2D eigenvalue weighted by Crippen LogP contribution is -2.25. The van der Waals surface area contributed by atoms with Crippen molar-refractivity contribution in [2.24, 2.45) is 0 Å². The molecule has 0 spiro atoms. The van der Waals surface area contributed by atoms with Crippen molar-refractivity contribution in [3.63, 3.8) is 0 Å². The number of carbonyl (C=O) groups is 2. The first kappa shape index (κ1) is 16.0. The second-order valence-electron chi connectivity index (χ2n) is 5.32. The molecule has 0 radical (unpaired) electrons. The van der Waals surface area contributed by atoms with Crippen molar-refractivity contribution < 1.29 is 9.59 Å². The molecule has 2 aromatic heterocycles. The number of nitrogens with one attached hydrogen (secondary N) is 1. The largest absolute Gasteiger partial charge is 0.337 e. The summed E-state index contributed by atoms with van der Waals surface area (Å²) >= 11 is 1.22. The Kier molecular flexibility index (Phi) is 4.48. The summed E-state index contributed by atoms with van der Waals surface area (Å²) in [5.74, 6) is 0.363. The minimum Gasteiger partial charge on any atom is -0.337 e. The fourth-order valence-corrected chi connectivity index (χ4v) is 3.16. The van der Waals surface area contributed by atoms with Crippen LogP contribution in [0.15, 0.2) is 36.4 Å². The van der Waals surface area contributed by atoms with Crippen LogP contribution in [0.4, 0.5) is 0 Å². The van der Waals surface area contributed by atoms with Gasteiger partial charge in [0.05, 0.1) is 9.75 Å². The fraction of sp³-hybridized carbons (Fsp3) is 0.188. The Labute approximate surface area is 142 Å². The normalized spacial score (nSPS) is 10.6. The molecular formula is C16H15N5O2S. The number of carbonyl (C=O) groups excluding carboxylic acids is 2. The van der Waals surface area contributed by atoms with Gasteiger partial charge in [-0.05, 0) is 35.9 Å². The molecule has 1 N–H and O–H groups in total. The molecule has 0 aliphatic carbocycles. The smallest absolute Gasteiger partial charge is 0.263 e. The van der Waals surface area contributed by atoms with Crippen LogP contribution in [0.5, 0.6) is 0 Å². The number of tetrazole rings is 1. The number of nitrogens with zero attached hydrogens (tertiary/aromatic N) is 4. The van der Waals surface area contributed by atoms with Crippen LogP contribution in [0, 0.1) is 0 Å². The van der Waals surface area contributed by atoms with Gasteiger partial charge in [0.15, 0.2) is 5.78 Å². The summed E-state index contributed by atoms with van der Waals surface area (Å²) in [7, 11) is 1.73. The Balaban J connectivity index is 1.74. The fourth-order valence-electron chi connectivity index (χ4n) is 2.27. The van der Waals surface area contributed by atoms with Gasteiger partial charge in [0.2, 0.25) is 5.82 Å². The third-order valence-electron chi connectivity index (χ3n) is 3.46. The molecule has 0 saturated heterocycles. The van der Waals surface area contributed by atoms with Crippen LogP contribution in [0.1, 0.15) is 31.8 Å². The van der Waals surface area contributed by atoms with Crippen molar-refractivity contribution in [3.05, 3.63) is 51.7 Å². The molecule has 0 fully saturated rings. The van der Waals surface area contributed by atoms with Gasteiger partial charge in [-0.2, -0.15) is 5.21 Å². The van der Waals surface area contributed by atoms with Gasteiger partial charge in [0, 0.05) is 19.2 Å². The number of benzene rings is 1. The summed E-state index contributed by atoms with van der Waals surface area (Å²) in [6, 6.07) is 11.0. The van der Waals surface area contributed by atoms with E-state index in [-0.39, 0.29) is 11.7 Å². The molecular weight excluding hydrogens is 326 g/mol. The number of Topliss-reactive ketones (excluding diaryl/α,β-unsaturated/α-hetero) is 1. The predicted octanol–water partition coefficient (Wildman–Crippen LogP) is 2.40. The predicted molar refractivity (Wildman–Crippen MR) is 89.7 cm³/mol. The third-order valence-corrected chi connectivity index (χ3v) is 4.63. The van der Waals surface area contributed by atoms with Crippen LogP contribution in [0.3, 0.4) is 0 Å². The second-order valence-corrected chi connectivity index (χ2v) is 6.40. The standard InChI is InChI=1S/C16H15N5O2S/c1-10(22)13-6-7-14(24-13)16(23)21(2)9-11-4-3-5-12(8-11)15-17-19-20-18-15/h3-8H,9H2,1-2H3,(H,17,18,19,20). The summed E-state index contributed by atoms with van der Waals surface area (Å²) in [6.45, 7) is 1.94. The Morgan fingerprint density at radius 2 is 2.00 bits per heavy atom. The highest BCUT2D eigenvalue weighted by Gasteiger charge is 2.16. The Bertz CT molecular complexity index is 872. The number of aromatic amines is 1. The molecule has 1 amide bonds. The van der Waals surface area contributed by atoms with E-state index >= 15 is 0 Å². The van der Waals surface area contributed by atoms with Gasteiger partial charge in [0.1, 0.15) is 0 Å². The number of amides is 1. The number of thiophene rings is 1. The van der Waals surface area contributed by atoms with Crippen LogP contribution in [0.2, 0.25) is 0 Å². The molecule has 8 heteroatoms. The lowest BCUT2D eigenvalue weighted by Gasteiger charge is -2.16. The van der Waals surface area contributed by atoms with Crippen LogP contribution in [-0.2, 0) is 6.54 Å². The highest BCUT2D eigenvalue weighted by Crippen LogP contribution is 2.20. The summed E-state index contributed by atoms with van der Waals surface area (Å²) < 4.78 is 0.